The quantitative estimate of drug-likeness (QED) is 0.248. The maximum absolute atomic E-state index is 12.6. The van der Waals surface area contributed by atoms with Gasteiger partial charge in [0.25, 0.3) is 5.69 Å². The number of ketones is 1. The van der Waals surface area contributed by atoms with Gasteiger partial charge in [0.15, 0.2) is 17.3 Å². The van der Waals surface area contributed by atoms with E-state index in [-0.39, 0.29) is 17.9 Å². The number of Topliss-reactive ketones (excluding diaryl/α,β-unsaturated/α-hetero) is 1. The van der Waals surface area contributed by atoms with Gasteiger partial charge in [0.2, 0.25) is 0 Å². The minimum absolute atomic E-state index is 0.0427. The van der Waals surface area contributed by atoms with Gasteiger partial charge < -0.3 is 14.8 Å². The van der Waals surface area contributed by atoms with Crippen LogP contribution >= 0.6 is 15.9 Å². The number of nitrogens with one attached hydrogen (secondary N) is 1. The predicted octanol–water partition coefficient (Wildman–Crippen LogP) is 5.41. The minimum Gasteiger partial charge on any atom is -0.493 e. The molecule has 0 unspecified atom stereocenters. The number of nitrogens with zero attached hydrogens (tertiary/aromatic N) is 1. The van der Waals surface area contributed by atoms with Crippen molar-refractivity contribution in [2.75, 3.05) is 19.5 Å². The van der Waals surface area contributed by atoms with E-state index in [1.165, 1.54) is 6.07 Å². The van der Waals surface area contributed by atoms with Crippen LogP contribution in [0.4, 0.5) is 11.4 Å². The van der Waals surface area contributed by atoms with E-state index in [4.69, 9.17) is 9.47 Å². The van der Waals surface area contributed by atoms with Gasteiger partial charge in [-0.25, -0.2) is 0 Å². The highest BCUT2D eigenvalue weighted by Crippen LogP contribution is 2.30. The van der Waals surface area contributed by atoms with Crippen molar-refractivity contribution < 1.29 is 19.2 Å². The molecule has 8 heteroatoms. The van der Waals surface area contributed by atoms with Crippen LogP contribution < -0.4 is 14.8 Å². The van der Waals surface area contributed by atoms with Gasteiger partial charge in [-0.2, -0.15) is 0 Å². The number of benzene rings is 3. The number of halogens is 1. The van der Waals surface area contributed by atoms with Gasteiger partial charge in [0.05, 0.1) is 19.1 Å². The van der Waals surface area contributed by atoms with E-state index in [0.29, 0.717) is 33.6 Å². The highest BCUT2D eigenvalue weighted by atomic mass is 79.9. The Morgan fingerprint density at radius 3 is 2.35 bits per heavy atom. The van der Waals surface area contributed by atoms with Crippen molar-refractivity contribution in [3.8, 4) is 11.5 Å². The summed E-state index contributed by atoms with van der Waals surface area (Å²) < 4.78 is 11.2. The highest BCUT2D eigenvalue weighted by Gasteiger charge is 2.17. The molecule has 1 N–H and O–H groups in total. The number of methoxy groups -OCH3 is 2. The summed E-state index contributed by atoms with van der Waals surface area (Å²) in [5.74, 6) is 1.11. The van der Waals surface area contributed by atoms with Crippen molar-refractivity contribution in [2.45, 2.75) is 13.0 Å². The van der Waals surface area contributed by atoms with E-state index in [1.54, 1.807) is 38.5 Å². The molecule has 7 nitrogen and oxygen atoms in total. The van der Waals surface area contributed by atoms with Gasteiger partial charge in [0, 0.05) is 46.4 Å². The van der Waals surface area contributed by atoms with Gasteiger partial charge >= 0.3 is 0 Å². The second-order valence-electron chi connectivity index (χ2n) is 6.75. The molecule has 0 aliphatic heterocycles. The molecule has 0 aromatic heterocycles. The molecular formula is C23H21BrN2O5. The van der Waals surface area contributed by atoms with Gasteiger partial charge in [-0.15, -0.1) is 0 Å². The number of ether oxygens (including phenoxy) is 2. The van der Waals surface area contributed by atoms with Crippen LogP contribution in [0.2, 0.25) is 0 Å². The molecule has 3 rings (SSSR count). The molecule has 0 spiro atoms. The number of rotatable bonds is 9. The Bertz CT molecular complexity index is 1100. The fourth-order valence-electron chi connectivity index (χ4n) is 3.11. The molecule has 0 fully saturated rings. The van der Waals surface area contributed by atoms with Crippen LogP contribution in [0, 0.1) is 10.1 Å². The lowest BCUT2D eigenvalue weighted by molar-refractivity contribution is -0.385. The van der Waals surface area contributed by atoms with Gasteiger partial charge in [-0.05, 0) is 29.8 Å². The van der Waals surface area contributed by atoms with Crippen molar-refractivity contribution in [3.63, 3.8) is 0 Å². The van der Waals surface area contributed by atoms with Crippen LogP contribution in [-0.4, -0.2) is 24.9 Å². The average Bonchev–Trinajstić information content (AvgIpc) is 2.77. The summed E-state index contributed by atoms with van der Waals surface area (Å²) in [6, 6.07) is 17.3. The zero-order valence-corrected chi connectivity index (χ0v) is 18.6. The Labute approximate surface area is 188 Å². The van der Waals surface area contributed by atoms with Gasteiger partial charge in [-0.3, -0.25) is 14.9 Å². The monoisotopic (exact) mass is 484 g/mol. The van der Waals surface area contributed by atoms with Crippen LogP contribution in [0.15, 0.2) is 65.1 Å². The summed E-state index contributed by atoms with van der Waals surface area (Å²) in [6.07, 6.45) is -0.0427. The summed E-state index contributed by atoms with van der Waals surface area (Å²) in [7, 11) is 3.17. The van der Waals surface area contributed by atoms with E-state index < -0.39 is 4.92 Å². The molecule has 0 saturated carbocycles. The third kappa shape index (κ3) is 5.61. The Morgan fingerprint density at radius 2 is 1.71 bits per heavy atom. The largest absolute Gasteiger partial charge is 0.493 e. The third-order valence-electron chi connectivity index (χ3n) is 4.75. The van der Waals surface area contributed by atoms with Crippen LogP contribution in [-0.2, 0) is 13.0 Å². The maximum Gasteiger partial charge on any atom is 0.273 e. The lowest BCUT2D eigenvalue weighted by Gasteiger charge is -2.11. The van der Waals surface area contributed by atoms with E-state index >= 15 is 0 Å². The Morgan fingerprint density at radius 1 is 1.00 bits per heavy atom. The fraction of sp³-hybridized carbons (Fsp3) is 0.174. The molecule has 0 aliphatic rings. The van der Waals surface area contributed by atoms with E-state index in [0.717, 1.165) is 11.3 Å². The number of hydrogen-bond acceptors (Lipinski definition) is 6. The first-order chi connectivity index (χ1) is 14.9. The molecule has 0 radical (unpaired) electrons. The SMILES string of the molecule is COc1ccc(NCc2ccc(C(=O)Cc3cc(Br)ccc3[N+](=O)[O-])cc2)cc1OC. The zero-order chi connectivity index (χ0) is 22.4. The molecule has 0 amide bonds. The molecule has 3 aromatic rings. The first-order valence-electron chi connectivity index (χ1n) is 9.42. The first-order valence-corrected chi connectivity index (χ1v) is 10.2. The maximum atomic E-state index is 12.6. The fourth-order valence-corrected chi connectivity index (χ4v) is 3.52. The van der Waals surface area contributed by atoms with Crippen molar-refractivity contribution in [1.82, 2.24) is 0 Å². The summed E-state index contributed by atoms with van der Waals surface area (Å²) in [5, 5.41) is 14.5. The lowest BCUT2D eigenvalue weighted by Crippen LogP contribution is -2.07. The molecular weight excluding hydrogens is 464 g/mol. The molecule has 0 aliphatic carbocycles. The number of carbonyl (C=O) groups is 1. The minimum atomic E-state index is -0.474. The molecule has 0 heterocycles. The Hall–Kier alpha value is -3.39. The van der Waals surface area contributed by atoms with Crippen molar-refractivity contribution in [2.24, 2.45) is 0 Å². The van der Waals surface area contributed by atoms with Crippen LogP contribution in [0.1, 0.15) is 21.5 Å². The average molecular weight is 485 g/mol. The van der Waals surface area contributed by atoms with E-state index in [1.807, 2.05) is 30.3 Å². The number of nitro groups is 1. The standard InChI is InChI=1S/C23H21BrN2O5/c1-30-22-10-8-19(13-23(22)31-2)25-14-15-3-5-16(6-4-15)21(27)12-17-11-18(24)7-9-20(17)26(28)29/h3-11,13,25H,12,14H2,1-2H3. The molecule has 160 valence electrons. The molecule has 0 saturated heterocycles. The summed E-state index contributed by atoms with van der Waals surface area (Å²) in [5.41, 5.74) is 2.68. The van der Waals surface area contributed by atoms with E-state index in [9.17, 15) is 14.9 Å². The highest BCUT2D eigenvalue weighted by molar-refractivity contribution is 9.10. The summed E-state index contributed by atoms with van der Waals surface area (Å²) >= 11 is 3.30. The molecule has 0 bridgehead atoms. The molecule has 0 atom stereocenters. The Balaban J connectivity index is 1.66. The second kappa shape index (κ2) is 10.1. The van der Waals surface area contributed by atoms with E-state index in [2.05, 4.69) is 21.2 Å². The third-order valence-corrected chi connectivity index (χ3v) is 5.24. The zero-order valence-electron chi connectivity index (χ0n) is 17.1. The van der Waals surface area contributed by atoms with Crippen molar-refractivity contribution in [3.05, 3.63) is 91.9 Å². The van der Waals surface area contributed by atoms with Crippen LogP contribution in [0.25, 0.3) is 0 Å². The van der Waals surface area contributed by atoms with Crippen LogP contribution in [0.5, 0.6) is 11.5 Å². The van der Waals surface area contributed by atoms with Gasteiger partial charge in [0.1, 0.15) is 0 Å². The number of anilines is 1. The molecule has 31 heavy (non-hydrogen) atoms. The number of carbonyl (C=O) groups excluding carboxylic acids is 1. The Kier molecular flexibility index (Phi) is 7.25. The smallest absolute Gasteiger partial charge is 0.273 e. The first kappa shape index (κ1) is 22.3. The summed E-state index contributed by atoms with van der Waals surface area (Å²) in [4.78, 5) is 23.4. The topological polar surface area (TPSA) is 90.7 Å². The number of nitro benzene ring substituents is 1. The van der Waals surface area contributed by atoms with Crippen LogP contribution in [0.3, 0.4) is 0 Å². The lowest BCUT2D eigenvalue weighted by atomic mass is 10.0. The van der Waals surface area contributed by atoms with Gasteiger partial charge in [-0.1, -0.05) is 40.2 Å². The predicted molar refractivity (Wildman–Crippen MR) is 122 cm³/mol. The molecule has 3 aromatic carbocycles. The normalized spacial score (nSPS) is 10.4. The summed E-state index contributed by atoms with van der Waals surface area (Å²) in [6.45, 7) is 0.557. The number of hydrogen-bond donors (Lipinski definition) is 1. The second-order valence-corrected chi connectivity index (χ2v) is 7.67. The van der Waals surface area contributed by atoms with Crippen molar-refractivity contribution >= 4 is 33.1 Å². The van der Waals surface area contributed by atoms with Crippen molar-refractivity contribution in [1.29, 1.82) is 0 Å².